The van der Waals surface area contributed by atoms with Crippen molar-refractivity contribution in [2.24, 2.45) is 0 Å². The van der Waals surface area contributed by atoms with Gasteiger partial charge in [-0.1, -0.05) is 53.4 Å². The van der Waals surface area contributed by atoms with Crippen LogP contribution in [0, 0.1) is 0 Å². The monoisotopic (exact) mass is 460 g/mol. The Labute approximate surface area is 186 Å². The number of methoxy groups -OCH3 is 1. The van der Waals surface area contributed by atoms with Crippen LogP contribution in [-0.2, 0) is 9.53 Å². The molecule has 1 aromatic carbocycles. The quantitative estimate of drug-likeness (QED) is 0.298. The molecule has 2 aromatic heterocycles. The molecule has 0 bridgehead atoms. The summed E-state index contributed by atoms with van der Waals surface area (Å²) >= 11 is 2.11. The number of rotatable bonds is 8. The number of nitrogens with zero attached hydrogens (tertiary/aromatic N) is 2. The lowest BCUT2D eigenvalue weighted by Gasteiger charge is -2.10. The van der Waals surface area contributed by atoms with Crippen molar-refractivity contribution < 1.29 is 19.1 Å². The summed E-state index contributed by atoms with van der Waals surface area (Å²) in [5, 5.41) is 2.64. The lowest BCUT2D eigenvalue weighted by molar-refractivity contribution is -0.115. The van der Waals surface area contributed by atoms with Crippen LogP contribution in [0.15, 0.2) is 46.3 Å². The minimum atomic E-state index is -0.606. The molecule has 0 saturated heterocycles. The van der Waals surface area contributed by atoms with E-state index in [9.17, 15) is 14.4 Å². The Kier molecular flexibility index (Phi) is 7.42. The van der Waals surface area contributed by atoms with Crippen LogP contribution in [0.5, 0.6) is 5.88 Å². The van der Waals surface area contributed by atoms with Crippen molar-refractivity contribution in [1.82, 2.24) is 15.0 Å². The fraction of sp³-hybridized carbons (Fsp3) is 0.250. The van der Waals surface area contributed by atoms with Crippen molar-refractivity contribution in [2.45, 2.75) is 24.3 Å². The Morgan fingerprint density at radius 3 is 2.68 bits per heavy atom. The predicted octanol–water partition coefficient (Wildman–Crippen LogP) is 3.20. The molecule has 162 valence electrons. The molecule has 9 nitrogen and oxygen atoms in total. The third-order valence-corrected chi connectivity index (χ3v) is 5.86. The van der Waals surface area contributed by atoms with Crippen LogP contribution in [0.1, 0.15) is 23.5 Å². The summed E-state index contributed by atoms with van der Waals surface area (Å²) in [7, 11) is 1.40. The molecule has 0 radical (unpaired) electrons. The standard InChI is InChI=1S/C20H20N4O5S2/c1-4-29-18(27)16-15(12-8-6-5-7-9-12)23-20(31-16)24-17(26)11(2)30-19-21-13(25)10-14(22-19)28-3/h5-11H,4H2,1-3H3,(H,21,22,25)(H,23,24,26)/t11-/m1/s1. The molecule has 11 heteroatoms. The Morgan fingerprint density at radius 2 is 2.00 bits per heavy atom. The highest BCUT2D eigenvalue weighted by Gasteiger charge is 2.23. The number of aromatic amines is 1. The highest BCUT2D eigenvalue weighted by atomic mass is 32.2. The second-order valence-corrected chi connectivity index (χ2v) is 8.45. The third-order valence-electron chi connectivity index (χ3n) is 3.93. The lowest BCUT2D eigenvalue weighted by atomic mass is 10.1. The number of carbonyl (C=O) groups excluding carboxylic acids is 2. The van der Waals surface area contributed by atoms with Crippen molar-refractivity contribution in [3.8, 4) is 17.1 Å². The van der Waals surface area contributed by atoms with Gasteiger partial charge in [-0.3, -0.25) is 9.59 Å². The molecule has 0 saturated carbocycles. The summed E-state index contributed by atoms with van der Waals surface area (Å²) in [6, 6.07) is 10.4. The van der Waals surface area contributed by atoms with Crippen LogP contribution in [-0.4, -0.2) is 45.8 Å². The number of hydrogen-bond donors (Lipinski definition) is 2. The molecule has 0 aliphatic rings. The summed E-state index contributed by atoms with van der Waals surface area (Å²) in [6.07, 6.45) is 0. The Balaban J connectivity index is 1.80. The smallest absolute Gasteiger partial charge is 0.350 e. The number of anilines is 1. The molecule has 0 fully saturated rings. The van der Waals surface area contributed by atoms with Crippen LogP contribution in [0.2, 0.25) is 0 Å². The topological polar surface area (TPSA) is 123 Å². The number of aromatic nitrogens is 3. The molecule has 1 amide bonds. The van der Waals surface area contributed by atoms with Crippen molar-refractivity contribution in [1.29, 1.82) is 0 Å². The Morgan fingerprint density at radius 1 is 1.26 bits per heavy atom. The number of H-pyrrole nitrogens is 1. The summed E-state index contributed by atoms with van der Waals surface area (Å²) < 4.78 is 10.1. The number of amides is 1. The second kappa shape index (κ2) is 10.2. The van der Waals surface area contributed by atoms with Crippen LogP contribution in [0.25, 0.3) is 11.3 Å². The van der Waals surface area contributed by atoms with Gasteiger partial charge in [0.05, 0.1) is 30.7 Å². The first-order valence-corrected chi connectivity index (χ1v) is 11.0. The minimum Gasteiger partial charge on any atom is -0.481 e. The minimum absolute atomic E-state index is 0.158. The number of esters is 1. The molecule has 3 rings (SSSR count). The van der Waals surface area contributed by atoms with Crippen molar-refractivity contribution in [3.63, 3.8) is 0 Å². The van der Waals surface area contributed by atoms with Crippen LogP contribution in [0.3, 0.4) is 0 Å². The van der Waals surface area contributed by atoms with Gasteiger partial charge in [0.15, 0.2) is 10.3 Å². The van der Waals surface area contributed by atoms with E-state index in [0.29, 0.717) is 10.6 Å². The maximum absolute atomic E-state index is 12.7. The summed E-state index contributed by atoms with van der Waals surface area (Å²) in [6.45, 7) is 3.61. The zero-order valence-electron chi connectivity index (χ0n) is 17.0. The Hall–Kier alpha value is -3.18. The average molecular weight is 461 g/mol. The number of ether oxygens (including phenoxy) is 2. The number of thiazole rings is 1. The molecule has 0 spiro atoms. The highest BCUT2D eigenvalue weighted by Crippen LogP contribution is 2.32. The van der Waals surface area contributed by atoms with Crippen LogP contribution in [0.4, 0.5) is 5.13 Å². The molecule has 2 heterocycles. The predicted molar refractivity (Wildman–Crippen MR) is 119 cm³/mol. The van der Waals surface area contributed by atoms with E-state index in [1.54, 1.807) is 13.8 Å². The number of hydrogen-bond acceptors (Lipinski definition) is 9. The number of benzene rings is 1. The van der Waals surface area contributed by atoms with Gasteiger partial charge in [-0.2, -0.15) is 4.98 Å². The number of thioether (sulfide) groups is 1. The second-order valence-electron chi connectivity index (χ2n) is 6.13. The fourth-order valence-electron chi connectivity index (χ4n) is 2.50. The first-order chi connectivity index (χ1) is 14.9. The molecule has 0 unspecified atom stereocenters. The van der Waals surface area contributed by atoms with Gasteiger partial charge >= 0.3 is 5.97 Å². The summed E-state index contributed by atoms with van der Waals surface area (Å²) in [5.41, 5.74) is 0.801. The van der Waals surface area contributed by atoms with Crippen molar-refractivity contribution >= 4 is 40.1 Å². The maximum atomic E-state index is 12.7. The van der Waals surface area contributed by atoms with E-state index in [0.717, 1.165) is 28.7 Å². The first kappa shape index (κ1) is 22.5. The van der Waals surface area contributed by atoms with E-state index >= 15 is 0 Å². The fourth-order valence-corrected chi connectivity index (χ4v) is 4.19. The van der Waals surface area contributed by atoms with Gasteiger partial charge in [0.2, 0.25) is 11.8 Å². The molecule has 31 heavy (non-hydrogen) atoms. The van der Waals surface area contributed by atoms with Crippen molar-refractivity contribution in [3.05, 3.63) is 51.6 Å². The highest BCUT2D eigenvalue weighted by molar-refractivity contribution is 8.00. The normalized spacial score (nSPS) is 11.6. The molecular formula is C20H20N4O5S2. The molecular weight excluding hydrogens is 440 g/mol. The van der Waals surface area contributed by atoms with Gasteiger partial charge in [0, 0.05) is 5.56 Å². The van der Waals surface area contributed by atoms with Crippen LogP contribution >= 0.6 is 23.1 Å². The molecule has 2 N–H and O–H groups in total. The van der Waals surface area contributed by atoms with Gasteiger partial charge in [-0.05, 0) is 13.8 Å². The number of carbonyl (C=O) groups is 2. The first-order valence-electron chi connectivity index (χ1n) is 9.27. The van der Waals surface area contributed by atoms with E-state index in [1.165, 1.54) is 13.2 Å². The van der Waals surface area contributed by atoms with Gasteiger partial charge in [-0.25, -0.2) is 9.78 Å². The van der Waals surface area contributed by atoms with E-state index in [1.807, 2.05) is 30.3 Å². The molecule has 0 aliphatic heterocycles. The van der Waals surface area contributed by atoms with Gasteiger partial charge in [0.1, 0.15) is 4.88 Å². The lowest BCUT2D eigenvalue weighted by Crippen LogP contribution is -2.23. The summed E-state index contributed by atoms with van der Waals surface area (Å²) in [4.78, 5) is 48.1. The molecule has 0 aliphatic carbocycles. The average Bonchev–Trinajstić information content (AvgIpc) is 3.18. The summed E-state index contributed by atoms with van der Waals surface area (Å²) in [5.74, 6) is -0.704. The van der Waals surface area contributed by atoms with Crippen molar-refractivity contribution in [2.75, 3.05) is 19.0 Å². The van der Waals surface area contributed by atoms with Gasteiger partial charge < -0.3 is 19.8 Å². The van der Waals surface area contributed by atoms with E-state index in [2.05, 4.69) is 20.3 Å². The van der Waals surface area contributed by atoms with E-state index in [4.69, 9.17) is 9.47 Å². The van der Waals surface area contributed by atoms with Crippen LogP contribution < -0.4 is 15.6 Å². The van der Waals surface area contributed by atoms with E-state index < -0.39 is 11.2 Å². The van der Waals surface area contributed by atoms with Gasteiger partial charge in [0.25, 0.3) is 5.56 Å². The number of nitrogens with one attached hydrogen (secondary N) is 2. The molecule has 3 aromatic rings. The Bertz CT molecular complexity index is 1130. The molecule has 1 atom stereocenters. The van der Waals surface area contributed by atoms with E-state index in [-0.39, 0.29) is 34.2 Å². The largest absolute Gasteiger partial charge is 0.481 e. The SMILES string of the molecule is CCOC(=O)c1sc(NC(=O)[C@@H](C)Sc2nc(OC)cc(=O)[nH]2)nc1-c1ccccc1. The van der Waals surface area contributed by atoms with Gasteiger partial charge in [-0.15, -0.1) is 0 Å². The zero-order chi connectivity index (χ0) is 22.4. The maximum Gasteiger partial charge on any atom is 0.350 e. The third kappa shape index (κ3) is 5.70. The zero-order valence-corrected chi connectivity index (χ0v) is 18.6.